The molecule has 0 bridgehead atoms. The number of hydrogen-bond acceptors (Lipinski definition) is 2. The van der Waals surface area contributed by atoms with Crippen molar-refractivity contribution < 1.29 is 4.92 Å². The van der Waals surface area contributed by atoms with Crippen LogP contribution in [-0.4, -0.2) is 4.92 Å². The second kappa shape index (κ2) is 3.14. The zero-order valence-corrected chi connectivity index (χ0v) is 6.28. The molecule has 1 rings (SSSR count). The lowest BCUT2D eigenvalue weighted by Gasteiger charge is -1.89. The van der Waals surface area contributed by atoms with E-state index in [-0.39, 0.29) is 10.6 Å². The molecule has 1 aliphatic carbocycles. The van der Waals surface area contributed by atoms with E-state index < -0.39 is 0 Å². The molecule has 0 N–H and O–H groups in total. The molecule has 0 spiro atoms. The van der Waals surface area contributed by atoms with E-state index in [0.717, 1.165) is 5.57 Å². The minimum atomic E-state index is -0.372. The van der Waals surface area contributed by atoms with Crippen LogP contribution in [0.4, 0.5) is 0 Å². The van der Waals surface area contributed by atoms with E-state index in [1.807, 2.05) is 13.0 Å². The minimum Gasteiger partial charge on any atom is -0.258 e. The molecule has 0 aromatic rings. The van der Waals surface area contributed by atoms with E-state index in [0.29, 0.717) is 6.42 Å². The van der Waals surface area contributed by atoms with Gasteiger partial charge in [-0.25, -0.2) is 0 Å². The van der Waals surface area contributed by atoms with Crippen molar-refractivity contribution in [2.24, 2.45) is 0 Å². The van der Waals surface area contributed by atoms with E-state index in [9.17, 15) is 10.1 Å². The van der Waals surface area contributed by atoms with Gasteiger partial charge in [0.05, 0.1) is 4.92 Å². The summed E-state index contributed by atoms with van der Waals surface area (Å²) >= 11 is 0. The molecule has 0 amide bonds. The maximum absolute atomic E-state index is 10.3. The first-order valence-corrected chi connectivity index (χ1v) is 3.38. The third kappa shape index (κ3) is 2.04. The smallest absolute Gasteiger partial charge is 0.258 e. The lowest BCUT2D eigenvalue weighted by molar-refractivity contribution is -0.419. The van der Waals surface area contributed by atoms with Crippen LogP contribution in [0.3, 0.4) is 0 Å². The van der Waals surface area contributed by atoms with Crippen LogP contribution in [0.1, 0.15) is 13.3 Å². The van der Waals surface area contributed by atoms with Crippen LogP contribution in [0.15, 0.2) is 35.6 Å². The van der Waals surface area contributed by atoms with Crippen LogP contribution in [0.5, 0.6) is 0 Å². The highest BCUT2D eigenvalue weighted by molar-refractivity contribution is 5.25. The number of allylic oxidation sites excluding steroid dienone is 5. The fourth-order valence-corrected chi connectivity index (χ4v) is 0.848. The molecule has 0 aliphatic heterocycles. The number of nitro groups is 1. The molecule has 1 aliphatic rings. The van der Waals surface area contributed by atoms with Gasteiger partial charge in [-0.1, -0.05) is 17.7 Å². The first-order valence-electron chi connectivity index (χ1n) is 3.38. The van der Waals surface area contributed by atoms with Crippen LogP contribution < -0.4 is 0 Å². The SMILES string of the molecule is CC1=CC=CC([N+](=O)[O-])=CC1. The van der Waals surface area contributed by atoms with E-state index in [2.05, 4.69) is 0 Å². The summed E-state index contributed by atoms with van der Waals surface area (Å²) in [6, 6.07) is 0. The van der Waals surface area contributed by atoms with Gasteiger partial charge in [0.1, 0.15) is 0 Å². The van der Waals surface area contributed by atoms with Crippen molar-refractivity contribution in [2.75, 3.05) is 0 Å². The summed E-state index contributed by atoms with van der Waals surface area (Å²) in [4.78, 5) is 9.90. The molecule has 0 fully saturated rings. The van der Waals surface area contributed by atoms with Crippen LogP contribution in [0.25, 0.3) is 0 Å². The zero-order valence-electron chi connectivity index (χ0n) is 6.28. The standard InChI is InChI=1S/C8H9NO2/c1-7-3-2-4-8(6-5-7)9(10)11/h2-4,6H,5H2,1H3. The summed E-state index contributed by atoms with van der Waals surface area (Å²) in [5, 5.41) is 10.3. The summed E-state index contributed by atoms with van der Waals surface area (Å²) in [5.41, 5.74) is 1.32. The van der Waals surface area contributed by atoms with Crippen molar-refractivity contribution in [2.45, 2.75) is 13.3 Å². The molecule has 0 radical (unpaired) electrons. The molecule has 11 heavy (non-hydrogen) atoms. The van der Waals surface area contributed by atoms with Crippen LogP contribution in [-0.2, 0) is 0 Å². The lowest BCUT2D eigenvalue weighted by atomic mass is 10.2. The van der Waals surface area contributed by atoms with Gasteiger partial charge in [-0.15, -0.1) is 0 Å². The highest BCUT2D eigenvalue weighted by Gasteiger charge is 2.05. The van der Waals surface area contributed by atoms with Crippen molar-refractivity contribution in [1.29, 1.82) is 0 Å². The third-order valence-corrected chi connectivity index (χ3v) is 1.49. The molecule has 58 valence electrons. The van der Waals surface area contributed by atoms with Crippen molar-refractivity contribution in [1.82, 2.24) is 0 Å². The van der Waals surface area contributed by atoms with E-state index >= 15 is 0 Å². The topological polar surface area (TPSA) is 43.1 Å². The Balaban J connectivity index is 2.82. The third-order valence-electron chi connectivity index (χ3n) is 1.49. The van der Waals surface area contributed by atoms with E-state index in [4.69, 9.17) is 0 Å². The Morgan fingerprint density at radius 1 is 1.64 bits per heavy atom. The molecule has 0 aromatic heterocycles. The molecule has 3 nitrogen and oxygen atoms in total. The van der Waals surface area contributed by atoms with E-state index in [1.165, 1.54) is 6.08 Å². The summed E-state index contributed by atoms with van der Waals surface area (Å²) < 4.78 is 0. The average Bonchev–Trinajstić information content (AvgIpc) is 2.13. The van der Waals surface area contributed by atoms with Gasteiger partial charge >= 0.3 is 0 Å². The van der Waals surface area contributed by atoms with Gasteiger partial charge in [-0.05, 0) is 19.4 Å². The monoisotopic (exact) mass is 151 g/mol. The molecular weight excluding hydrogens is 142 g/mol. The maximum Gasteiger partial charge on any atom is 0.265 e. The zero-order chi connectivity index (χ0) is 8.27. The van der Waals surface area contributed by atoms with Gasteiger partial charge in [0, 0.05) is 6.08 Å². The van der Waals surface area contributed by atoms with Gasteiger partial charge in [0.2, 0.25) is 0 Å². The number of nitrogens with zero attached hydrogens (tertiary/aromatic N) is 1. The normalized spacial score (nSPS) is 16.8. The summed E-state index contributed by atoms with van der Waals surface area (Å²) in [5.74, 6) is 0. The largest absolute Gasteiger partial charge is 0.265 e. The van der Waals surface area contributed by atoms with Crippen molar-refractivity contribution in [3.05, 3.63) is 45.7 Å². The highest BCUT2D eigenvalue weighted by atomic mass is 16.6. The predicted molar refractivity (Wildman–Crippen MR) is 42.6 cm³/mol. The van der Waals surface area contributed by atoms with Gasteiger partial charge < -0.3 is 0 Å². The van der Waals surface area contributed by atoms with Crippen LogP contribution in [0, 0.1) is 10.1 Å². The lowest BCUT2D eigenvalue weighted by Crippen LogP contribution is -1.94. The van der Waals surface area contributed by atoms with E-state index in [1.54, 1.807) is 12.2 Å². The molecule has 0 aromatic carbocycles. The first kappa shape index (κ1) is 7.72. The molecule has 3 heteroatoms. The van der Waals surface area contributed by atoms with Gasteiger partial charge in [-0.3, -0.25) is 10.1 Å². The molecular formula is C8H9NO2. The summed E-state index contributed by atoms with van der Waals surface area (Å²) in [6.07, 6.45) is 7.39. The minimum absolute atomic E-state index is 0.179. The molecule has 0 saturated heterocycles. The Morgan fingerprint density at radius 2 is 2.36 bits per heavy atom. The Bertz CT molecular complexity index is 261. The van der Waals surface area contributed by atoms with Crippen molar-refractivity contribution in [3.8, 4) is 0 Å². The number of hydrogen-bond donors (Lipinski definition) is 0. The van der Waals surface area contributed by atoms with Crippen molar-refractivity contribution in [3.63, 3.8) is 0 Å². The fourth-order valence-electron chi connectivity index (χ4n) is 0.848. The second-order valence-electron chi connectivity index (χ2n) is 2.46. The summed E-state index contributed by atoms with van der Waals surface area (Å²) in [7, 11) is 0. The first-order chi connectivity index (χ1) is 5.20. The van der Waals surface area contributed by atoms with Crippen molar-refractivity contribution >= 4 is 0 Å². The Labute approximate surface area is 64.9 Å². The molecule has 0 atom stereocenters. The second-order valence-corrected chi connectivity index (χ2v) is 2.46. The van der Waals surface area contributed by atoms with Gasteiger partial charge in [-0.2, -0.15) is 0 Å². The number of rotatable bonds is 1. The fraction of sp³-hybridized carbons (Fsp3) is 0.250. The van der Waals surface area contributed by atoms with Crippen LogP contribution >= 0.6 is 0 Å². The Hall–Kier alpha value is -1.38. The molecule has 0 saturated carbocycles. The predicted octanol–water partition coefficient (Wildman–Crippen LogP) is 2.05. The van der Waals surface area contributed by atoms with Crippen LogP contribution in [0.2, 0.25) is 0 Å². The van der Waals surface area contributed by atoms with Gasteiger partial charge in [0.15, 0.2) is 0 Å². The maximum atomic E-state index is 10.3. The molecule has 0 unspecified atom stereocenters. The average molecular weight is 151 g/mol. The highest BCUT2D eigenvalue weighted by Crippen LogP contribution is 2.10. The van der Waals surface area contributed by atoms with Gasteiger partial charge in [0.25, 0.3) is 5.70 Å². The molecule has 0 heterocycles. The Kier molecular flexibility index (Phi) is 2.21. The summed E-state index contributed by atoms with van der Waals surface area (Å²) in [6.45, 7) is 1.95. The quantitative estimate of drug-likeness (QED) is 0.425. The Morgan fingerprint density at radius 3 is 3.00 bits per heavy atom.